The minimum atomic E-state index is -0.210. The molecule has 1 aliphatic rings. The first kappa shape index (κ1) is 20.2. The van der Waals surface area contributed by atoms with Crippen molar-refractivity contribution in [2.75, 3.05) is 30.3 Å². The fourth-order valence-corrected chi connectivity index (χ4v) is 4.12. The van der Waals surface area contributed by atoms with Crippen LogP contribution in [0.1, 0.15) is 35.7 Å². The summed E-state index contributed by atoms with van der Waals surface area (Å²) in [5, 5.41) is 18.1. The number of fused-ring (bicyclic) bond motifs is 1. The van der Waals surface area contributed by atoms with Crippen molar-refractivity contribution in [2.45, 2.75) is 31.5 Å². The van der Waals surface area contributed by atoms with Crippen LogP contribution < -0.4 is 10.2 Å². The van der Waals surface area contributed by atoms with Crippen LogP contribution in [0.25, 0.3) is 11.0 Å². The van der Waals surface area contributed by atoms with Gasteiger partial charge < -0.3 is 10.2 Å². The third kappa shape index (κ3) is 4.24. The second-order valence-corrected chi connectivity index (χ2v) is 8.24. The molecule has 0 atom stereocenters. The fraction of sp³-hybridized carbons (Fsp3) is 0.381. The predicted molar refractivity (Wildman–Crippen MR) is 117 cm³/mol. The van der Waals surface area contributed by atoms with Gasteiger partial charge in [0.15, 0.2) is 10.8 Å². The Labute approximate surface area is 179 Å². The van der Waals surface area contributed by atoms with Crippen molar-refractivity contribution in [2.24, 2.45) is 0 Å². The number of hydrogen-bond acceptors (Lipinski definition) is 7. The normalized spacial score (nSPS) is 13.5. The zero-order chi connectivity index (χ0) is 20.9. The molecule has 1 N–H and O–H groups in total. The molecule has 3 aromatic rings. The molecule has 2 aromatic heterocycles. The molecule has 3 heterocycles. The van der Waals surface area contributed by atoms with Crippen LogP contribution in [-0.4, -0.2) is 51.0 Å². The molecule has 30 heavy (non-hydrogen) atoms. The van der Waals surface area contributed by atoms with Gasteiger partial charge in [-0.1, -0.05) is 24.8 Å². The van der Waals surface area contributed by atoms with Crippen LogP contribution in [0.15, 0.2) is 35.6 Å². The summed E-state index contributed by atoms with van der Waals surface area (Å²) in [5.41, 5.74) is 1.73. The molecule has 1 aliphatic heterocycles. The van der Waals surface area contributed by atoms with Gasteiger partial charge in [0.05, 0.1) is 29.8 Å². The van der Waals surface area contributed by atoms with E-state index in [1.807, 2.05) is 10.9 Å². The summed E-state index contributed by atoms with van der Waals surface area (Å²) in [6.45, 7) is 5.00. The largest absolute Gasteiger partial charge is 0.356 e. The molecule has 154 valence electrons. The number of hydrogen-bond donors (Lipinski definition) is 1. The molecule has 0 spiro atoms. The molecule has 0 radical (unpaired) electrons. The lowest BCUT2D eigenvalue weighted by atomic mass is 10.1. The average Bonchev–Trinajstić information content (AvgIpc) is 3.44. The molecule has 1 aromatic carbocycles. The monoisotopic (exact) mass is 421 g/mol. The van der Waals surface area contributed by atoms with E-state index in [-0.39, 0.29) is 5.91 Å². The number of rotatable bonds is 7. The number of thioether (sulfide) groups is 1. The van der Waals surface area contributed by atoms with Gasteiger partial charge in [-0.25, -0.2) is 14.6 Å². The molecule has 8 nitrogen and oxygen atoms in total. The van der Waals surface area contributed by atoms with E-state index in [1.165, 1.54) is 12.8 Å². The molecule has 0 aliphatic carbocycles. The standard InChI is InChI=1S/C21H23N7OS/c1-2-30-21-25-18(27-9-3-4-10-27)17-14-24-28(19(17)26-21)11-8-23-20(29)16-7-5-6-15(12-16)13-22/h5-7,12,14H,2-4,8-11H2,1H3,(H,23,29). The van der Waals surface area contributed by atoms with Gasteiger partial charge in [-0.2, -0.15) is 10.4 Å². The van der Waals surface area contributed by atoms with E-state index in [0.29, 0.717) is 24.2 Å². The summed E-state index contributed by atoms with van der Waals surface area (Å²) < 4.78 is 1.82. The maximum Gasteiger partial charge on any atom is 0.251 e. The summed E-state index contributed by atoms with van der Waals surface area (Å²) >= 11 is 1.62. The summed E-state index contributed by atoms with van der Waals surface area (Å²) in [7, 11) is 0. The highest BCUT2D eigenvalue weighted by Gasteiger charge is 2.20. The summed E-state index contributed by atoms with van der Waals surface area (Å²) in [5.74, 6) is 1.65. The molecule has 0 bridgehead atoms. The number of carbonyl (C=O) groups is 1. The number of carbonyl (C=O) groups excluding carboxylic acids is 1. The number of amides is 1. The van der Waals surface area contributed by atoms with Crippen molar-refractivity contribution in [1.29, 1.82) is 5.26 Å². The van der Waals surface area contributed by atoms with Gasteiger partial charge in [-0.15, -0.1) is 0 Å². The first-order valence-corrected chi connectivity index (χ1v) is 11.1. The van der Waals surface area contributed by atoms with Crippen molar-refractivity contribution in [3.8, 4) is 6.07 Å². The Hall–Kier alpha value is -3.12. The van der Waals surface area contributed by atoms with Crippen molar-refractivity contribution in [3.05, 3.63) is 41.6 Å². The van der Waals surface area contributed by atoms with Gasteiger partial charge in [-0.05, 0) is 36.8 Å². The number of nitriles is 1. The van der Waals surface area contributed by atoms with E-state index in [4.69, 9.17) is 15.2 Å². The number of aromatic nitrogens is 4. The Morgan fingerprint density at radius 2 is 2.13 bits per heavy atom. The van der Waals surface area contributed by atoms with Crippen LogP contribution >= 0.6 is 11.8 Å². The quantitative estimate of drug-likeness (QED) is 0.462. The lowest BCUT2D eigenvalue weighted by molar-refractivity contribution is 0.0952. The fourth-order valence-electron chi connectivity index (χ4n) is 3.56. The van der Waals surface area contributed by atoms with Gasteiger partial charge >= 0.3 is 0 Å². The Morgan fingerprint density at radius 3 is 2.90 bits per heavy atom. The predicted octanol–water partition coefficient (Wildman–Crippen LogP) is 2.84. The highest BCUT2D eigenvalue weighted by Crippen LogP contribution is 2.29. The first-order chi connectivity index (χ1) is 14.7. The number of benzene rings is 1. The smallest absolute Gasteiger partial charge is 0.251 e. The average molecular weight is 422 g/mol. The van der Waals surface area contributed by atoms with Gasteiger partial charge in [0.2, 0.25) is 0 Å². The lowest BCUT2D eigenvalue weighted by Crippen LogP contribution is -2.27. The Morgan fingerprint density at radius 1 is 1.30 bits per heavy atom. The summed E-state index contributed by atoms with van der Waals surface area (Å²) in [6.07, 6.45) is 4.17. The minimum Gasteiger partial charge on any atom is -0.356 e. The van der Waals surface area contributed by atoms with Crippen molar-refractivity contribution < 1.29 is 4.79 Å². The highest BCUT2D eigenvalue weighted by molar-refractivity contribution is 7.99. The second-order valence-electron chi connectivity index (χ2n) is 7.01. The van der Waals surface area contributed by atoms with E-state index >= 15 is 0 Å². The van der Waals surface area contributed by atoms with Gasteiger partial charge in [-0.3, -0.25) is 4.79 Å². The lowest BCUT2D eigenvalue weighted by Gasteiger charge is -2.17. The second kappa shape index (κ2) is 9.13. The number of nitrogens with one attached hydrogen (secondary N) is 1. The van der Waals surface area contributed by atoms with E-state index in [0.717, 1.165) is 40.9 Å². The van der Waals surface area contributed by atoms with Crippen LogP contribution in [0.4, 0.5) is 5.82 Å². The van der Waals surface area contributed by atoms with E-state index in [1.54, 1.807) is 36.0 Å². The third-order valence-electron chi connectivity index (χ3n) is 5.00. The van der Waals surface area contributed by atoms with E-state index < -0.39 is 0 Å². The van der Waals surface area contributed by atoms with Crippen LogP contribution in [0, 0.1) is 11.3 Å². The molecule has 9 heteroatoms. The van der Waals surface area contributed by atoms with Crippen molar-refractivity contribution in [3.63, 3.8) is 0 Å². The SMILES string of the molecule is CCSc1nc(N2CCCC2)c2cnn(CCNC(=O)c3cccc(C#N)c3)c2n1. The van der Waals surface area contributed by atoms with Crippen LogP contribution in [0.2, 0.25) is 0 Å². The summed E-state index contributed by atoms with van der Waals surface area (Å²) in [4.78, 5) is 24.2. The molecule has 1 fully saturated rings. The van der Waals surface area contributed by atoms with Gasteiger partial charge in [0.25, 0.3) is 5.91 Å². The Bertz CT molecular complexity index is 1100. The van der Waals surface area contributed by atoms with Crippen LogP contribution in [-0.2, 0) is 6.54 Å². The van der Waals surface area contributed by atoms with Crippen molar-refractivity contribution >= 4 is 34.5 Å². The van der Waals surface area contributed by atoms with Crippen LogP contribution in [0.5, 0.6) is 0 Å². The van der Waals surface area contributed by atoms with Crippen molar-refractivity contribution in [1.82, 2.24) is 25.1 Å². The maximum atomic E-state index is 12.4. The Kier molecular flexibility index (Phi) is 6.14. The topological polar surface area (TPSA) is 99.7 Å². The maximum absolute atomic E-state index is 12.4. The molecule has 1 amide bonds. The minimum absolute atomic E-state index is 0.210. The number of nitrogens with zero attached hydrogens (tertiary/aromatic N) is 6. The van der Waals surface area contributed by atoms with Gasteiger partial charge in [0, 0.05) is 25.2 Å². The molecule has 1 saturated heterocycles. The summed E-state index contributed by atoms with van der Waals surface area (Å²) in [6, 6.07) is 8.72. The van der Waals surface area contributed by atoms with Gasteiger partial charge in [0.1, 0.15) is 5.82 Å². The van der Waals surface area contributed by atoms with E-state index in [9.17, 15) is 4.79 Å². The molecular formula is C21H23N7OS. The third-order valence-corrected chi connectivity index (χ3v) is 5.73. The molecular weight excluding hydrogens is 398 g/mol. The molecule has 4 rings (SSSR count). The molecule has 0 unspecified atom stereocenters. The first-order valence-electron chi connectivity index (χ1n) is 10.1. The zero-order valence-corrected chi connectivity index (χ0v) is 17.7. The van der Waals surface area contributed by atoms with E-state index in [2.05, 4.69) is 28.3 Å². The van der Waals surface area contributed by atoms with Crippen LogP contribution in [0.3, 0.4) is 0 Å². The zero-order valence-electron chi connectivity index (χ0n) is 16.8. The molecule has 0 saturated carbocycles. The Balaban J connectivity index is 1.51. The number of anilines is 1. The highest BCUT2D eigenvalue weighted by atomic mass is 32.2.